The van der Waals surface area contributed by atoms with Crippen LogP contribution in [0.3, 0.4) is 0 Å². The van der Waals surface area contributed by atoms with Gasteiger partial charge in [-0.15, -0.1) is 0 Å². The third-order valence-electron chi connectivity index (χ3n) is 7.77. The lowest BCUT2D eigenvalue weighted by Crippen LogP contribution is -2.54. The summed E-state index contributed by atoms with van der Waals surface area (Å²) in [6, 6.07) is 2.72. The second kappa shape index (κ2) is 12.7. The molecule has 0 unspecified atom stereocenters. The number of rotatable bonds is 4. The zero-order valence-corrected chi connectivity index (χ0v) is 25.6. The van der Waals surface area contributed by atoms with Crippen molar-refractivity contribution in [3.8, 4) is 17.3 Å². The van der Waals surface area contributed by atoms with E-state index in [0.29, 0.717) is 18.4 Å². The van der Waals surface area contributed by atoms with Crippen LogP contribution in [0.25, 0.3) is 22.2 Å². The Morgan fingerprint density at radius 1 is 1.07 bits per heavy atom. The highest BCUT2D eigenvalue weighted by Gasteiger charge is 2.39. The van der Waals surface area contributed by atoms with Crippen molar-refractivity contribution in [2.45, 2.75) is 58.8 Å². The molecule has 0 amide bonds. The smallest absolute Gasteiger partial charge is 0.418 e. The van der Waals surface area contributed by atoms with E-state index in [2.05, 4.69) is 45.6 Å². The van der Waals surface area contributed by atoms with Gasteiger partial charge in [0.1, 0.15) is 17.2 Å². The second-order valence-electron chi connectivity index (χ2n) is 11.2. The summed E-state index contributed by atoms with van der Waals surface area (Å²) in [5.41, 5.74) is 2.98. The Bertz CT molecular complexity index is 1430. The zero-order chi connectivity index (χ0) is 30.9. The molecule has 2 aliphatic heterocycles. The van der Waals surface area contributed by atoms with E-state index >= 15 is 4.39 Å². The SMILES string of the molecule is CN1CCCC1.COc1nc(N2CCN(C(C)C)C[C@H]2C)c2cc(Cl)c(-c3nc(N)cc(C)c3C(F)(F)F)c(F)c2n1. The van der Waals surface area contributed by atoms with Crippen molar-refractivity contribution in [1.82, 2.24) is 24.8 Å². The predicted molar refractivity (Wildman–Crippen MR) is 159 cm³/mol. The highest BCUT2D eigenvalue weighted by Crippen LogP contribution is 2.44. The van der Waals surface area contributed by atoms with Crippen molar-refractivity contribution >= 4 is 34.1 Å². The van der Waals surface area contributed by atoms with Crippen molar-refractivity contribution in [3.05, 3.63) is 34.1 Å². The molecule has 1 atom stereocenters. The van der Waals surface area contributed by atoms with Gasteiger partial charge in [0, 0.05) is 37.1 Å². The number of methoxy groups -OCH3 is 1. The van der Waals surface area contributed by atoms with E-state index in [9.17, 15) is 13.2 Å². The number of hydrogen-bond donors (Lipinski definition) is 1. The number of nitrogens with zero attached hydrogens (tertiary/aromatic N) is 6. The molecule has 1 aromatic carbocycles. The zero-order valence-electron chi connectivity index (χ0n) is 24.8. The Morgan fingerprint density at radius 3 is 2.26 bits per heavy atom. The van der Waals surface area contributed by atoms with Gasteiger partial charge >= 0.3 is 12.2 Å². The fourth-order valence-electron chi connectivity index (χ4n) is 5.57. The number of alkyl halides is 3. The number of likely N-dealkylation sites (tertiary alicyclic amines) is 1. The summed E-state index contributed by atoms with van der Waals surface area (Å²) in [6.07, 6.45) is -1.99. The molecule has 42 heavy (non-hydrogen) atoms. The van der Waals surface area contributed by atoms with Gasteiger partial charge in [-0.2, -0.15) is 23.1 Å². The third kappa shape index (κ3) is 6.65. The normalized spacial score (nSPS) is 18.5. The fraction of sp³-hybridized carbons (Fsp3) is 0.552. The molecule has 3 aromatic rings. The summed E-state index contributed by atoms with van der Waals surface area (Å²) in [5, 5.41) is 0.00701. The Morgan fingerprint density at radius 2 is 1.74 bits per heavy atom. The molecular weight excluding hydrogens is 574 g/mol. The number of nitrogen functional groups attached to an aromatic ring is 1. The number of fused-ring (bicyclic) bond motifs is 1. The second-order valence-corrected chi connectivity index (χ2v) is 11.6. The van der Waals surface area contributed by atoms with E-state index in [-0.39, 0.29) is 39.4 Å². The number of ether oxygens (including phenoxy) is 1. The molecule has 230 valence electrons. The Balaban J connectivity index is 0.000000600. The summed E-state index contributed by atoms with van der Waals surface area (Å²) in [5.74, 6) is -0.854. The molecule has 5 rings (SSSR count). The first-order valence-corrected chi connectivity index (χ1v) is 14.4. The number of piperazine rings is 1. The van der Waals surface area contributed by atoms with Gasteiger partial charge in [-0.3, -0.25) is 4.90 Å². The van der Waals surface area contributed by atoms with Crippen LogP contribution in [-0.4, -0.2) is 83.7 Å². The molecule has 2 aliphatic rings. The van der Waals surface area contributed by atoms with E-state index in [0.717, 1.165) is 19.2 Å². The van der Waals surface area contributed by atoms with E-state index in [1.807, 2.05) is 11.8 Å². The maximum absolute atomic E-state index is 16.1. The van der Waals surface area contributed by atoms with Crippen molar-refractivity contribution < 1.29 is 22.3 Å². The first-order chi connectivity index (χ1) is 19.7. The maximum Gasteiger partial charge on any atom is 0.418 e. The van der Waals surface area contributed by atoms with Crippen molar-refractivity contribution in [3.63, 3.8) is 0 Å². The maximum atomic E-state index is 16.1. The molecule has 2 N–H and O–H groups in total. The van der Waals surface area contributed by atoms with Crippen LogP contribution in [0.4, 0.5) is 29.2 Å². The van der Waals surface area contributed by atoms with Gasteiger partial charge < -0.3 is 20.3 Å². The van der Waals surface area contributed by atoms with Crippen LogP contribution >= 0.6 is 11.6 Å². The number of aryl methyl sites for hydroxylation is 1. The van der Waals surface area contributed by atoms with Gasteiger partial charge in [0.05, 0.1) is 29.0 Å². The van der Waals surface area contributed by atoms with E-state index in [1.165, 1.54) is 46.0 Å². The van der Waals surface area contributed by atoms with Crippen LogP contribution in [0, 0.1) is 12.7 Å². The topological polar surface area (TPSA) is 83.6 Å². The Kier molecular flexibility index (Phi) is 9.68. The Hall–Kier alpha value is -2.96. The number of anilines is 2. The highest BCUT2D eigenvalue weighted by atomic mass is 35.5. The van der Waals surface area contributed by atoms with E-state index in [4.69, 9.17) is 22.1 Å². The quantitative estimate of drug-likeness (QED) is 0.358. The van der Waals surface area contributed by atoms with Gasteiger partial charge in [-0.05, 0) is 78.4 Å². The van der Waals surface area contributed by atoms with Crippen LogP contribution in [0.2, 0.25) is 5.02 Å². The third-order valence-corrected chi connectivity index (χ3v) is 8.07. The lowest BCUT2D eigenvalue weighted by molar-refractivity contribution is -0.137. The minimum Gasteiger partial charge on any atom is -0.467 e. The summed E-state index contributed by atoms with van der Waals surface area (Å²) in [6.45, 7) is 12.2. The largest absolute Gasteiger partial charge is 0.467 e. The lowest BCUT2D eigenvalue weighted by atomic mass is 9.98. The summed E-state index contributed by atoms with van der Waals surface area (Å²) < 4.78 is 63.2. The molecule has 0 aliphatic carbocycles. The monoisotopic (exact) mass is 611 g/mol. The van der Waals surface area contributed by atoms with Gasteiger partial charge in [0.2, 0.25) is 0 Å². The number of benzene rings is 1. The summed E-state index contributed by atoms with van der Waals surface area (Å²) >= 11 is 6.45. The number of halogens is 5. The molecule has 0 spiro atoms. The fourth-order valence-corrected chi connectivity index (χ4v) is 5.85. The molecule has 2 saturated heterocycles. The molecule has 2 fully saturated rings. The van der Waals surface area contributed by atoms with Crippen LogP contribution < -0.4 is 15.4 Å². The molecule has 8 nitrogen and oxygen atoms in total. The van der Waals surface area contributed by atoms with Gasteiger partial charge in [-0.25, -0.2) is 9.37 Å². The van der Waals surface area contributed by atoms with Crippen LogP contribution in [-0.2, 0) is 6.18 Å². The van der Waals surface area contributed by atoms with Gasteiger partial charge in [0.15, 0.2) is 5.82 Å². The molecular formula is C29H38ClF4N7O. The summed E-state index contributed by atoms with van der Waals surface area (Å²) in [7, 11) is 3.51. The van der Waals surface area contributed by atoms with Crippen LogP contribution in [0.15, 0.2) is 12.1 Å². The first-order valence-electron chi connectivity index (χ1n) is 14.0. The van der Waals surface area contributed by atoms with Crippen LogP contribution in [0.1, 0.15) is 44.7 Å². The first kappa shape index (κ1) is 32.0. The lowest BCUT2D eigenvalue weighted by Gasteiger charge is -2.42. The Labute approximate surface area is 248 Å². The van der Waals surface area contributed by atoms with Crippen molar-refractivity contribution in [1.29, 1.82) is 0 Å². The number of aromatic nitrogens is 3. The van der Waals surface area contributed by atoms with Crippen LogP contribution in [0.5, 0.6) is 6.01 Å². The standard InChI is InChI=1S/C24H27ClF4N6O.C5H11N/c1-11(2)34-6-7-35(13(4)10-34)22-14-9-15(25)17(19(26)20(14)32-23(33-22)36-5)21-18(24(27,28)29)12(3)8-16(30)31-21;1-6-4-2-3-5-6/h8-9,11,13H,6-7,10H2,1-5H3,(H2,30,31);2-5H2,1H3/t13-;/m1./s1. The van der Waals surface area contributed by atoms with Gasteiger partial charge in [0.25, 0.3) is 0 Å². The number of pyridine rings is 1. The van der Waals surface area contributed by atoms with Crippen molar-refractivity contribution in [2.24, 2.45) is 0 Å². The average Bonchev–Trinajstić information content (AvgIpc) is 3.38. The van der Waals surface area contributed by atoms with Crippen molar-refractivity contribution in [2.75, 3.05) is 57.5 Å². The minimum atomic E-state index is -4.81. The summed E-state index contributed by atoms with van der Waals surface area (Å²) in [4.78, 5) is 19.1. The molecule has 0 bridgehead atoms. The molecule has 4 heterocycles. The average molecular weight is 612 g/mol. The van der Waals surface area contributed by atoms with Gasteiger partial charge in [-0.1, -0.05) is 11.6 Å². The molecule has 0 saturated carbocycles. The highest BCUT2D eigenvalue weighted by molar-refractivity contribution is 6.34. The van der Waals surface area contributed by atoms with E-state index < -0.39 is 28.8 Å². The minimum absolute atomic E-state index is 0.0144. The number of nitrogens with two attached hydrogens (primary N) is 1. The molecule has 2 aromatic heterocycles. The van der Waals surface area contributed by atoms with E-state index in [1.54, 1.807) is 0 Å². The molecule has 0 radical (unpaired) electrons. The predicted octanol–water partition coefficient (Wildman–Crippen LogP) is 6.03. The molecule has 13 heteroatoms. The number of hydrogen-bond acceptors (Lipinski definition) is 8.